The highest BCUT2D eigenvalue weighted by molar-refractivity contribution is 5.66. The number of nitrogens with one attached hydrogen (secondary N) is 2. The number of carbonyl (C=O) groups is 1. The van der Waals surface area contributed by atoms with Gasteiger partial charge in [-0.25, -0.2) is 4.98 Å². The Morgan fingerprint density at radius 3 is 2.94 bits per heavy atom. The lowest BCUT2D eigenvalue weighted by Crippen LogP contribution is -2.18. The molecule has 0 radical (unpaired) electrons. The van der Waals surface area contributed by atoms with E-state index in [1.54, 1.807) is 0 Å². The van der Waals surface area contributed by atoms with Gasteiger partial charge in [0.25, 0.3) is 5.56 Å². The number of hydrogen-bond donors (Lipinski definition) is 3. The maximum atomic E-state index is 11.3. The maximum absolute atomic E-state index is 11.3. The standard InChI is InChI=1S/C12H19N3O3/c1-2-9(3-4-10(16)17)5-6-13-11-12(18)15-8-7-14-11/h7-9H,2-6H2,1H3,(H,13,14)(H,15,18)(H,16,17). The number of rotatable bonds is 8. The lowest BCUT2D eigenvalue weighted by atomic mass is 9.97. The molecule has 0 amide bonds. The van der Waals surface area contributed by atoms with Crippen molar-refractivity contribution in [3.05, 3.63) is 22.7 Å². The summed E-state index contributed by atoms with van der Waals surface area (Å²) < 4.78 is 0. The van der Waals surface area contributed by atoms with Crippen molar-refractivity contribution in [1.29, 1.82) is 0 Å². The topological polar surface area (TPSA) is 95.1 Å². The zero-order chi connectivity index (χ0) is 13.4. The van der Waals surface area contributed by atoms with E-state index >= 15 is 0 Å². The molecule has 6 heteroatoms. The number of hydrogen-bond acceptors (Lipinski definition) is 4. The Morgan fingerprint density at radius 2 is 2.33 bits per heavy atom. The maximum Gasteiger partial charge on any atom is 0.303 e. The molecule has 100 valence electrons. The van der Waals surface area contributed by atoms with Crippen LogP contribution in [0.3, 0.4) is 0 Å². The molecular weight excluding hydrogens is 234 g/mol. The highest BCUT2D eigenvalue weighted by Gasteiger charge is 2.09. The number of aromatic nitrogens is 2. The minimum absolute atomic E-state index is 0.197. The molecule has 1 unspecified atom stereocenters. The Labute approximate surface area is 105 Å². The van der Waals surface area contributed by atoms with Gasteiger partial charge in [0.2, 0.25) is 0 Å². The molecule has 18 heavy (non-hydrogen) atoms. The molecule has 0 saturated heterocycles. The van der Waals surface area contributed by atoms with E-state index in [9.17, 15) is 9.59 Å². The molecule has 0 fully saturated rings. The summed E-state index contributed by atoms with van der Waals surface area (Å²) in [6, 6.07) is 0. The average Bonchev–Trinajstić information content (AvgIpc) is 2.35. The Balaban J connectivity index is 2.33. The summed E-state index contributed by atoms with van der Waals surface area (Å²) in [5, 5.41) is 11.6. The smallest absolute Gasteiger partial charge is 0.303 e. The number of H-pyrrole nitrogens is 1. The monoisotopic (exact) mass is 253 g/mol. The minimum atomic E-state index is -0.762. The van der Waals surface area contributed by atoms with Crippen LogP contribution in [-0.2, 0) is 4.79 Å². The largest absolute Gasteiger partial charge is 0.481 e. The molecule has 1 rings (SSSR count). The van der Waals surface area contributed by atoms with Gasteiger partial charge in [0.15, 0.2) is 5.82 Å². The first-order valence-electron chi connectivity index (χ1n) is 6.12. The minimum Gasteiger partial charge on any atom is -0.481 e. The van der Waals surface area contributed by atoms with Gasteiger partial charge in [0, 0.05) is 25.4 Å². The second-order valence-electron chi connectivity index (χ2n) is 4.19. The predicted molar refractivity (Wildman–Crippen MR) is 68.6 cm³/mol. The van der Waals surface area contributed by atoms with Crippen molar-refractivity contribution in [2.45, 2.75) is 32.6 Å². The third-order valence-corrected chi connectivity index (χ3v) is 2.90. The second-order valence-corrected chi connectivity index (χ2v) is 4.19. The van der Waals surface area contributed by atoms with Crippen molar-refractivity contribution in [3.63, 3.8) is 0 Å². The number of carboxylic acids is 1. The fourth-order valence-corrected chi connectivity index (χ4v) is 1.75. The molecule has 1 aromatic heterocycles. The van der Waals surface area contributed by atoms with Crippen LogP contribution in [0.5, 0.6) is 0 Å². The summed E-state index contributed by atoms with van der Waals surface area (Å²) in [5.41, 5.74) is -0.240. The Kier molecular flexibility index (Phi) is 5.90. The summed E-state index contributed by atoms with van der Waals surface area (Å²) in [6.45, 7) is 2.66. The molecule has 0 aliphatic carbocycles. The van der Waals surface area contributed by atoms with Crippen LogP contribution in [-0.4, -0.2) is 27.6 Å². The van der Waals surface area contributed by atoms with E-state index in [4.69, 9.17) is 5.11 Å². The predicted octanol–water partition coefficient (Wildman–Crippen LogP) is 1.46. The number of anilines is 1. The van der Waals surface area contributed by atoms with Crippen LogP contribution < -0.4 is 10.9 Å². The van der Waals surface area contributed by atoms with E-state index in [1.807, 2.05) is 6.92 Å². The van der Waals surface area contributed by atoms with Crippen LogP contribution >= 0.6 is 0 Å². The first kappa shape index (κ1) is 14.2. The molecule has 1 atom stereocenters. The van der Waals surface area contributed by atoms with E-state index in [1.165, 1.54) is 12.4 Å². The van der Waals surface area contributed by atoms with E-state index in [2.05, 4.69) is 15.3 Å². The second kappa shape index (κ2) is 7.47. The number of nitrogens with zero attached hydrogens (tertiary/aromatic N) is 1. The Morgan fingerprint density at radius 1 is 1.56 bits per heavy atom. The first-order valence-corrected chi connectivity index (χ1v) is 6.12. The SMILES string of the molecule is CCC(CCNc1ncc[nH]c1=O)CCC(=O)O. The van der Waals surface area contributed by atoms with Gasteiger partial charge < -0.3 is 15.4 Å². The number of aliphatic carboxylic acids is 1. The third-order valence-electron chi connectivity index (χ3n) is 2.90. The highest BCUT2D eigenvalue weighted by Crippen LogP contribution is 2.15. The molecule has 0 spiro atoms. The van der Waals surface area contributed by atoms with E-state index in [0.29, 0.717) is 24.7 Å². The van der Waals surface area contributed by atoms with Gasteiger partial charge in [-0.1, -0.05) is 13.3 Å². The van der Waals surface area contributed by atoms with Crippen LogP contribution in [0.4, 0.5) is 5.82 Å². The van der Waals surface area contributed by atoms with Crippen LogP contribution in [0, 0.1) is 5.92 Å². The van der Waals surface area contributed by atoms with E-state index in [0.717, 1.165) is 12.8 Å². The van der Waals surface area contributed by atoms with Gasteiger partial charge in [-0.2, -0.15) is 0 Å². The number of carboxylic acid groups (broad SMARTS) is 1. The van der Waals surface area contributed by atoms with Crippen molar-refractivity contribution >= 4 is 11.8 Å². The highest BCUT2D eigenvalue weighted by atomic mass is 16.4. The van der Waals surface area contributed by atoms with Crippen molar-refractivity contribution in [1.82, 2.24) is 9.97 Å². The van der Waals surface area contributed by atoms with Gasteiger partial charge in [-0.05, 0) is 18.8 Å². The molecule has 0 bridgehead atoms. The molecule has 0 aromatic carbocycles. The van der Waals surface area contributed by atoms with E-state index in [-0.39, 0.29) is 12.0 Å². The molecule has 3 N–H and O–H groups in total. The van der Waals surface area contributed by atoms with Gasteiger partial charge >= 0.3 is 5.97 Å². The van der Waals surface area contributed by atoms with Crippen LogP contribution in [0.25, 0.3) is 0 Å². The molecule has 0 aliphatic rings. The van der Waals surface area contributed by atoms with Crippen molar-refractivity contribution in [2.75, 3.05) is 11.9 Å². The average molecular weight is 253 g/mol. The zero-order valence-electron chi connectivity index (χ0n) is 10.5. The van der Waals surface area contributed by atoms with Crippen LogP contribution in [0.1, 0.15) is 32.6 Å². The molecule has 1 heterocycles. The molecule has 1 aromatic rings. The lowest BCUT2D eigenvalue weighted by molar-refractivity contribution is -0.137. The van der Waals surface area contributed by atoms with Gasteiger partial charge in [0.05, 0.1) is 0 Å². The normalized spacial score (nSPS) is 12.1. The quantitative estimate of drug-likeness (QED) is 0.652. The van der Waals surface area contributed by atoms with Crippen molar-refractivity contribution < 1.29 is 9.90 Å². The molecular formula is C12H19N3O3. The van der Waals surface area contributed by atoms with Crippen LogP contribution in [0.15, 0.2) is 17.2 Å². The summed E-state index contributed by atoms with van der Waals surface area (Å²) in [6.07, 6.45) is 5.64. The van der Waals surface area contributed by atoms with Gasteiger partial charge in [-0.15, -0.1) is 0 Å². The van der Waals surface area contributed by atoms with Crippen molar-refractivity contribution in [2.24, 2.45) is 5.92 Å². The van der Waals surface area contributed by atoms with Crippen LogP contribution in [0.2, 0.25) is 0 Å². The summed E-state index contributed by atoms with van der Waals surface area (Å²) in [5.74, 6) is -0.0930. The number of aromatic amines is 1. The summed E-state index contributed by atoms with van der Waals surface area (Å²) >= 11 is 0. The van der Waals surface area contributed by atoms with Gasteiger partial charge in [-0.3, -0.25) is 9.59 Å². The van der Waals surface area contributed by atoms with E-state index < -0.39 is 5.97 Å². The fourth-order valence-electron chi connectivity index (χ4n) is 1.75. The summed E-state index contributed by atoms with van der Waals surface area (Å²) in [7, 11) is 0. The lowest BCUT2D eigenvalue weighted by Gasteiger charge is -2.13. The van der Waals surface area contributed by atoms with Gasteiger partial charge in [0.1, 0.15) is 0 Å². The van der Waals surface area contributed by atoms with Crippen molar-refractivity contribution in [3.8, 4) is 0 Å². The Bertz CT molecular complexity index is 431. The third kappa shape index (κ3) is 4.99. The molecule has 0 saturated carbocycles. The Hall–Kier alpha value is -1.85. The summed E-state index contributed by atoms with van der Waals surface area (Å²) in [4.78, 5) is 28.3. The molecule has 6 nitrogen and oxygen atoms in total. The first-order chi connectivity index (χ1) is 8.63. The zero-order valence-corrected chi connectivity index (χ0v) is 10.5. The fraction of sp³-hybridized carbons (Fsp3) is 0.583. The molecule has 0 aliphatic heterocycles.